The van der Waals surface area contributed by atoms with E-state index in [2.05, 4.69) is 24.8 Å². The van der Waals surface area contributed by atoms with Crippen molar-refractivity contribution in [3.8, 4) is 5.75 Å². The fourth-order valence-electron chi connectivity index (χ4n) is 2.70. The minimum absolute atomic E-state index is 0.0739. The fourth-order valence-corrected chi connectivity index (χ4v) is 2.70. The van der Waals surface area contributed by atoms with E-state index in [9.17, 15) is 4.79 Å². The molecule has 0 saturated heterocycles. The molecule has 1 heterocycles. The summed E-state index contributed by atoms with van der Waals surface area (Å²) >= 11 is 0. The van der Waals surface area contributed by atoms with Crippen LogP contribution in [0.2, 0.25) is 0 Å². The first-order valence-electron chi connectivity index (χ1n) is 7.48. The number of carbonyl (C=O) groups excluding carboxylic acids is 1. The SMILES string of the molecule is C=CCOc1ccc(C(=O)N2CCc3ccccc3C2)cc1. The van der Waals surface area contributed by atoms with E-state index in [0.29, 0.717) is 18.7 Å². The first-order valence-corrected chi connectivity index (χ1v) is 7.48. The number of rotatable bonds is 4. The van der Waals surface area contributed by atoms with Gasteiger partial charge in [-0.25, -0.2) is 0 Å². The zero-order valence-electron chi connectivity index (χ0n) is 12.5. The summed E-state index contributed by atoms with van der Waals surface area (Å²) in [4.78, 5) is 14.5. The highest BCUT2D eigenvalue weighted by molar-refractivity contribution is 5.94. The first-order chi connectivity index (χ1) is 10.8. The van der Waals surface area contributed by atoms with Crippen LogP contribution in [0.3, 0.4) is 0 Å². The van der Waals surface area contributed by atoms with Gasteiger partial charge < -0.3 is 9.64 Å². The molecule has 0 bridgehead atoms. The van der Waals surface area contributed by atoms with Crippen LogP contribution in [0.5, 0.6) is 5.75 Å². The summed E-state index contributed by atoms with van der Waals surface area (Å²) in [7, 11) is 0. The molecule has 1 aliphatic rings. The van der Waals surface area contributed by atoms with Crippen LogP contribution in [-0.2, 0) is 13.0 Å². The Bertz CT molecular complexity index is 676. The van der Waals surface area contributed by atoms with Crippen LogP contribution in [-0.4, -0.2) is 24.0 Å². The van der Waals surface area contributed by atoms with Crippen LogP contribution >= 0.6 is 0 Å². The first kappa shape index (κ1) is 14.4. The molecule has 0 N–H and O–H groups in total. The normalized spacial score (nSPS) is 13.4. The molecule has 0 unspecified atom stereocenters. The molecule has 1 amide bonds. The van der Waals surface area contributed by atoms with Crippen molar-refractivity contribution in [3.05, 3.63) is 77.9 Å². The highest BCUT2D eigenvalue weighted by Gasteiger charge is 2.21. The van der Waals surface area contributed by atoms with Crippen molar-refractivity contribution < 1.29 is 9.53 Å². The largest absolute Gasteiger partial charge is 0.490 e. The maximum atomic E-state index is 12.6. The van der Waals surface area contributed by atoms with Gasteiger partial charge in [0.25, 0.3) is 5.91 Å². The summed E-state index contributed by atoms with van der Waals surface area (Å²) in [6.07, 6.45) is 2.62. The van der Waals surface area contributed by atoms with Gasteiger partial charge >= 0.3 is 0 Å². The number of carbonyl (C=O) groups is 1. The Hall–Kier alpha value is -2.55. The van der Waals surface area contributed by atoms with E-state index in [1.165, 1.54) is 11.1 Å². The van der Waals surface area contributed by atoms with Crippen LogP contribution < -0.4 is 4.74 Å². The maximum Gasteiger partial charge on any atom is 0.254 e. The Morgan fingerprint density at radius 1 is 1.14 bits per heavy atom. The average Bonchev–Trinajstić information content (AvgIpc) is 2.59. The fraction of sp³-hybridized carbons (Fsp3) is 0.211. The van der Waals surface area contributed by atoms with Crippen molar-refractivity contribution >= 4 is 5.91 Å². The molecule has 0 fully saturated rings. The lowest BCUT2D eigenvalue weighted by molar-refractivity contribution is 0.0734. The van der Waals surface area contributed by atoms with E-state index in [-0.39, 0.29) is 5.91 Å². The second-order valence-electron chi connectivity index (χ2n) is 5.37. The highest BCUT2D eigenvalue weighted by atomic mass is 16.5. The molecule has 3 heteroatoms. The monoisotopic (exact) mass is 293 g/mol. The van der Waals surface area contributed by atoms with E-state index >= 15 is 0 Å². The van der Waals surface area contributed by atoms with Gasteiger partial charge in [0.2, 0.25) is 0 Å². The summed E-state index contributed by atoms with van der Waals surface area (Å²) in [5, 5.41) is 0. The van der Waals surface area contributed by atoms with Gasteiger partial charge in [-0.05, 0) is 41.8 Å². The number of benzene rings is 2. The summed E-state index contributed by atoms with van der Waals surface area (Å²) < 4.78 is 5.44. The summed E-state index contributed by atoms with van der Waals surface area (Å²) in [5.41, 5.74) is 3.29. The van der Waals surface area contributed by atoms with Crippen LogP contribution in [0.25, 0.3) is 0 Å². The molecule has 0 aliphatic carbocycles. The second-order valence-corrected chi connectivity index (χ2v) is 5.37. The number of hydrogen-bond acceptors (Lipinski definition) is 2. The number of nitrogens with zero attached hydrogens (tertiary/aromatic N) is 1. The Morgan fingerprint density at radius 2 is 1.86 bits per heavy atom. The number of fused-ring (bicyclic) bond motifs is 1. The summed E-state index contributed by atoms with van der Waals surface area (Å²) in [5.74, 6) is 0.824. The van der Waals surface area contributed by atoms with E-state index < -0.39 is 0 Å². The van der Waals surface area contributed by atoms with Crippen molar-refractivity contribution in [2.75, 3.05) is 13.2 Å². The van der Waals surface area contributed by atoms with E-state index in [1.807, 2.05) is 35.2 Å². The summed E-state index contributed by atoms with van der Waals surface area (Å²) in [6.45, 7) is 5.54. The van der Waals surface area contributed by atoms with Crippen molar-refractivity contribution in [3.63, 3.8) is 0 Å². The van der Waals surface area contributed by atoms with E-state index in [4.69, 9.17) is 4.74 Å². The van der Waals surface area contributed by atoms with Gasteiger partial charge in [-0.1, -0.05) is 36.9 Å². The van der Waals surface area contributed by atoms with Crippen LogP contribution in [0.1, 0.15) is 21.5 Å². The molecule has 0 saturated carbocycles. The van der Waals surface area contributed by atoms with Crippen molar-refractivity contribution in [2.24, 2.45) is 0 Å². The molecule has 112 valence electrons. The van der Waals surface area contributed by atoms with Crippen molar-refractivity contribution in [1.29, 1.82) is 0 Å². The molecule has 22 heavy (non-hydrogen) atoms. The Labute approximate surface area is 130 Å². The molecular formula is C19H19NO2. The number of amides is 1. The number of hydrogen-bond donors (Lipinski definition) is 0. The Kier molecular flexibility index (Phi) is 4.24. The van der Waals surface area contributed by atoms with Crippen LogP contribution in [0.15, 0.2) is 61.2 Å². The third-order valence-corrected chi connectivity index (χ3v) is 3.89. The minimum Gasteiger partial charge on any atom is -0.490 e. The zero-order chi connectivity index (χ0) is 15.4. The molecule has 3 nitrogen and oxygen atoms in total. The van der Waals surface area contributed by atoms with Gasteiger partial charge in [0, 0.05) is 18.7 Å². The molecule has 0 atom stereocenters. The quantitative estimate of drug-likeness (QED) is 0.808. The predicted octanol–water partition coefficient (Wildman–Crippen LogP) is 3.45. The van der Waals surface area contributed by atoms with Gasteiger partial charge in [-0.3, -0.25) is 4.79 Å². The van der Waals surface area contributed by atoms with Gasteiger partial charge in [-0.15, -0.1) is 0 Å². The zero-order valence-corrected chi connectivity index (χ0v) is 12.5. The lowest BCUT2D eigenvalue weighted by Gasteiger charge is -2.29. The van der Waals surface area contributed by atoms with Gasteiger partial charge in [-0.2, -0.15) is 0 Å². The van der Waals surface area contributed by atoms with E-state index in [1.54, 1.807) is 6.08 Å². The Morgan fingerprint density at radius 3 is 2.59 bits per heavy atom. The molecule has 0 aromatic heterocycles. The number of ether oxygens (including phenoxy) is 1. The molecular weight excluding hydrogens is 274 g/mol. The maximum absolute atomic E-state index is 12.6. The van der Waals surface area contributed by atoms with Gasteiger partial charge in [0.15, 0.2) is 0 Å². The molecule has 2 aromatic carbocycles. The third kappa shape index (κ3) is 3.03. The molecule has 0 spiro atoms. The minimum atomic E-state index is 0.0739. The molecule has 2 aromatic rings. The van der Waals surface area contributed by atoms with Crippen molar-refractivity contribution in [2.45, 2.75) is 13.0 Å². The van der Waals surface area contributed by atoms with Crippen LogP contribution in [0, 0.1) is 0 Å². The highest BCUT2D eigenvalue weighted by Crippen LogP contribution is 2.21. The van der Waals surface area contributed by atoms with Gasteiger partial charge in [0.1, 0.15) is 12.4 Å². The standard InChI is InChI=1S/C19H19NO2/c1-2-13-22-18-9-7-16(8-10-18)19(21)20-12-11-15-5-3-4-6-17(15)14-20/h2-10H,1,11-14H2. The average molecular weight is 293 g/mol. The van der Waals surface area contributed by atoms with E-state index in [0.717, 1.165) is 18.7 Å². The second kappa shape index (κ2) is 6.48. The molecule has 3 rings (SSSR count). The lowest BCUT2D eigenvalue weighted by Crippen LogP contribution is -2.35. The molecule has 0 radical (unpaired) electrons. The Balaban J connectivity index is 1.70. The summed E-state index contributed by atoms with van der Waals surface area (Å²) in [6, 6.07) is 15.6. The van der Waals surface area contributed by atoms with Crippen molar-refractivity contribution in [1.82, 2.24) is 4.90 Å². The predicted molar refractivity (Wildman–Crippen MR) is 87.0 cm³/mol. The topological polar surface area (TPSA) is 29.5 Å². The lowest BCUT2D eigenvalue weighted by atomic mass is 9.99. The molecule has 1 aliphatic heterocycles. The van der Waals surface area contributed by atoms with Crippen LogP contribution in [0.4, 0.5) is 0 Å². The third-order valence-electron chi connectivity index (χ3n) is 3.89. The smallest absolute Gasteiger partial charge is 0.254 e. The van der Waals surface area contributed by atoms with Gasteiger partial charge in [0.05, 0.1) is 0 Å².